The second kappa shape index (κ2) is 5.20. The highest BCUT2D eigenvalue weighted by Gasteiger charge is 2.12. The lowest BCUT2D eigenvalue weighted by Crippen LogP contribution is -2.00. The largest absolute Gasteiger partial charge is 0.259 e. The van der Waals surface area contributed by atoms with E-state index in [0.717, 1.165) is 16.5 Å². The van der Waals surface area contributed by atoms with E-state index in [1.807, 2.05) is 6.92 Å². The van der Waals surface area contributed by atoms with Gasteiger partial charge in [0, 0.05) is 30.2 Å². The number of fused-ring (bicyclic) bond motifs is 1. The van der Waals surface area contributed by atoms with Crippen molar-refractivity contribution in [1.29, 1.82) is 0 Å². The van der Waals surface area contributed by atoms with Crippen molar-refractivity contribution in [3.63, 3.8) is 0 Å². The van der Waals surface area contributed by atoms with Gasteiger partial charge in [0.1, 0.15) is 0 Å². The molecule has 6 nitrogen and oxygen atoms in total. The molecule has 0 aromatic carbocycles. The molecule has 4 aromatic heterocycles. The molecule has 0 amide bonds. The first-order valence-electron chi connectivity index (χ1n) is 6.95. The Morgan fingerprint density at radius 3 is 2.70 bits per heavy atom. The molecule has 0 aliphatic heterocycles. The summed E-state index contributed by atoms with van der Waals surface area (Å²) in [5.74, 6) is 0.0375. The molecule has 0 fully saturated rings. The summed E-state index contributed by atoms with van der Waals surface area (Å²) in [6.45, 7) is 1.86. The molecule has 0 N–H and O–H groups in total. The number of aryl methyl sites for hydroxylation is 1. The molecule has 0 spiro atoms. The smallest absolute Gasteiger partial charge is 0.222 e. The number of hydrogen-bond donors (Lipinski definition) is 0. The van der Waals surface area contributed by atoms with E-state index in [9.17, 15) is 4.39 Å². The normalized spacial score (nSPS) is 11.0. The van der Waals surface area contributed by atoms with Crippen molar-refractivity contribution in [1.82, 2.24) is 29.7 Å². The number of aromatic nitrogens is 6. The van der Waals surface area contributed by atoms with Crippen molar-refractivity contribution in [3.05, 3.63) is 60.8 Å². The molecule has 0 radical (unpaired) electrons. The van der Waals surface area contributed by atoms with Gasteiger partial charge >= 0.3 is 0 Å². The van der Waals surface area contributed by atoms with E-state index < -0.39 is 5.95 Å². The second-order valence-corrected chi connectivity index (χ2v) is 5.10. The van der Waals surface area contributed by atoms with Gasteiger partial charge < -0.3 is 0 Å². The molecular formula is C16H11FN6. The van der Waals surface area contributed by atoms with E-state index in [1.54, 1.807) is 47.8 Å². The molecule has 0 bridgehead atoms. The van der Waals surface area contributed by atoms with Crippen molar-refractivity contribution >= 4 is 10.9 Å². The molecule has 0 aliphatic carbocycles. The summed E-state index contributed by atoms with van der Waals surface area (Å²) in [4.78, 5) is 16.3. The maximum absolute atomic E-state index is 14.0. The highest BCUT2D eigenvalue weighted by molar-refractivity contribution is 5.83. The van der Waals surface area contributed by atoms with Gasteiger partial charge in [-0.3, -0.25) is 9.97 Å². The highest BCUT2D eigenvalue weighted by atomic mass is 19.1. The Hall–Kier alpha value is -3.22. The van der Waals surface area contributed by atoms with Crippen LogP contribution in [0.15, 0.2) is 49.3 Å². The van der Waals surface area contributed by atoms with Gasteiger partial charge in [0.2, 0.25) is 5.95 Å². The molecule has 23 heavy (non-hydrogen) atoms. The van der Waals surface area contributed by atoms with E-state index in [-0.39, 0.29) is 0 Å². The number of rotatable bonds is 2. The van der Waals surface area contributed by atoms with Gasteiger partial charge in [0.05, 0.1) is 29.2 Å². The molecule has 4 aromatic rings. The SMILES string of the molecule is Cc1cnc(F)c(-c2cc3c(cn2)cnn3-c2cnccn2)c1. The van der Waals surface area contributed by atoms with Crippen LogP contribution in [0.4, 0.5) is 4.39 Å². The molecule has 4 heterocycles. The Bertz CT molecular complexity index is 996. The van der Waals surface area contributed by atoms with Gasteiger partial charge in [-0.05, 0) is 24.6 Å². The van der Waals surface area contributed by atoms with Gasteiger partial charge in [-0.25, -0.2) is 14.6 Å². The van der Waals surface area contributed by atoms with Crippen molar-refractivity contribution in [2.75, 3.05) is 0 Å². The molecule has 0 saturated carbocycles. The van der Waals surface area contributed by atoms with Crippen LogP contribution in [-0.4, -0.2) is 29.7 Å². The summed E-state index contributed by atoms with van der Waals surface area (Å²) < 4.78 is 15.7. The van der Waals surface area contributed by atoms with Crippen LogP contribution in [0.3, 0.4) is 0 Å². The summed E-state index contributed by atoms with van der Waals surface area (Å²) in [6.07, 6.45) is 9.63. The first kappa shape index (κ1) is 13.4. The molecule has 0 unspecified atom stereocenters. The average Bonchev–Trinajstić information content (AvgIpc) is 3.01. The Balaban J connectivity index is 1.92. The summed E-state index contributed by atoms with van der Waals surface area (Å²) in [6, 6.07) is 3.50. The lowest BCUT2D eigenvalue weighted by molar-refractivity contribution is 0.586. The van der Waals surface area contributed by atoms with Crippen LogP contribution in [0.5, 0.6) is 0 Å². The van der Waals surface area contributed by atoms with E-state index in [1.165, 1.54) is 6.20 Å². The zero-order valence-corrected chi connectivity index (χ0v) is 12.2. The molecule has 4 rings (SSSR count). The third kappa shape index (κ3) is 2.32. The lowest BCUT2D eigenvalue weighted by atomic mass is 10.1. The summed E-state index contributed by atoms with van der Waals surface area (Å²) >= 11 is 0. The van der Waals surface area contributed by atoms with Crippen LogP contribution < -0.4 is 0 Å². The summed E-state index contributed by atoms with van der Waals surface area (Å²) in [7, 11) is 0. The average molecular weight is 306 g/mol. The van der Waals surface area contributed by atoms with Crippen molar-refractivity contribution in [2.24, 2.45) is 0 Å². The topological polar surface area (TPSA) is 69.4 Å². The van der Waals surface area contributed by atoms with Crippen LogP contribution >= 0.6 is 0 Å². The van der Waals surface area contributed by atoms with Crippen LogP contribution in [0, 0.1) is 12.9 Å². The third-order valence-electron chi connectivity index (χ3n) is 3.47. The van der Waals surface area contributed by atoms with Gasteiger partial charge in [-0.1, -0.05) is 0 Å². The third-order valence-corrected chi connectivity index (χ3v) is 3.47. The maximum atomic E-state index is 14.0. The Morgan fingerprint density at radius 2 is 1.87 bits per heavy atom. The van der Waals surface area contributed by atoms with Crippen LogP contribution in [0.1, 0.15) is 5.56 Å². The molecule has 0 aliphatic rings. The van der Waals surface area contributed by atoms with Gasteiger partial charge in [-0.15, -0.1) is 0 Å². The van der Waals surface area contributed by atoms with Crippen LogP contribution in [0.25, 0.3) is 28.0 Å². The molecule has 7 heteroatoms. The predicted molar refractivity (Wildman–Crippen MR) is 82.4 cm³/mol. The minimum Gasteiger partial charge on any atom is -0.259 e. The van der Waals surface area contributed by atoms with Crippen molar-refractivity contribution < 1.29 is 4.39 Å². The monoisotopic (exact) mass is 306 g/mol. The summed E-state index contributed by atoms with van der Waals surface area (Å²) in [5.41, 5.74) is 2.50. The van der Waals surface area contributed by atoms with E-state index in [0.29, 0.717) is 17.1 Å². The van der Waals surface area contributed by atoms with Crippen LogP contribution in [-0.2, 0) is 0 Å². The minimum atomic E-state index is -0.548. The number of halogens is 1. The zero-order valence-electron chi connectivity index (χ0n) is 12.2. The first-order chi connectivity index (χ1) is 11.2. The van der Waals surface area contributed by atoms with Gasteiger partial charge in [-0.2, -0.15) is 9.49 Å². The van der Waals surface area contributed by atoms with Crippen molar-refractivity contribution in [2.45, 2.75) is 6.92 Å². The fraction of sp³-hybridized carbons (Fsp3) is 0.0625. The standard InChI is InChI=1S/C16H11FN6/c1-10-4-12(16(17)21-6-10)13-5-14-11(7-20-13)8-22-23(14)15-9-18-2-3-19-15/h2-9H,1H3. The zero-order chi connectivity index (χ0) is 15.8. The van der Waals surface area contributed by atoms with Gasteiger partial charge in [0.15, 0.2) is 5.82 Å². The van der Waals surface area contributed by atoms with Gasteiger partial charge in [0.25, 0.3) is 0 Å². The Labute approximate surface area is 130 Å². The Morgan fingerprint density at radius 1 is 0.957 bits per heavy atom. The molecule has 112 valence electrons. The maximum Gasteiger partial charge on any atom is 0.222 e. The number of nitrogens with zero attached hydrogens (tertiary/aromatic N) is 6. The second-order valence-electron chi connectivity index (χ2n) is 5.10. The lowest BCUT2D eigenvalue weighted by Gasteiger charge is -2.05. The van der Waals surface area contributed by atoms with E-state index in [4.69, 9.17) is 0 Å². The quantitative estimate of drug-likeness (QED) is 0.533. The number of hydrogen-bond acceptors (Lipinski definition) is 5. The molecular weight excluding hydrogens is 295 g/mol. The summed E-state index contributed by atoms with van der Waals surface area (Å²) in [5, 5.41) is 5.14. The predicted octanol–water partition coefficient (Wildman–Crippen LogP) is 2.72. The first-order valence-corrected chi connectivity index (χ1v) is 6.95. The van der Waals surface area contributed by atoms with E-state index in [2.05, 4.69) is 25.0 Å². The van der Waals surface area contributed by atoms with E-state index >= 15 is 0 Å². The van der Waals surface area contributed by atoms with Crippen molar-refractivity contribution in [3.8, 4) is 17.1 Å². The minimum absolute atomic E-state index is 0.360. The molecule has 0 saturated heterocycles. The fourth-order valence-corrected chi connectivity index (χ4v) is 2.38. The molecule has 0 atom stereocenters. The van der Waals surface area contributed by atoms with Crippen LogP contribution in [0.2, 0.25) is 0 Å². The highest BCUT2D eigenvalue weighted by Crippen LogP contribution is 2.25. The number of pyridine rings is 2. The Kier molecular flexibility index (Phi) is 3.04. The fourth-order valence-electron chi connectivity index (χ4n) is 2.38.